The molecule has 0 spiro atoms. The first-order valence-electron chi connectivity index (χ1n) is 6.63. The van der Waals surface area contributed by atoms with Crippen molar-refractivity contribution >= 4 is 6.03 Å². The number of rotatable bonds is 5. The van der Waals surface area contributed by atoms with E-state index in [0.717, 1.165) is 18.4 Å². The van der Waals surface area contributed by atoms with E-state index in [1.807, 2.05) is 11.4 Å². The molecule has 21 heavy (non-hydrogen) atoms. The zero-order valence-corrected chi connectivity index (χ0v) is 11.6. The monoisotopic (exact) mass is 302 g/mol. The van der Waals surface area contributed by atoms with E-state index in [1.165, 1.54) is 12.0 Å². The van der Waals surface area contributed by atoms with Crippen LogP contribution in [0, 0.1) is 0 Å². The number of methoxy groups -OCH3 is 1. The Morgan fingerprint density at radius 1 is 1.43 bits per heavy atom. The van der Waals surface area contributed by atoms with Gasteiger partial charge in [0.15, 0.2) is 0 Å². The Hall–Kier alpha value is -1.92. The lowest BCUT2D eigenvalue weighted by Crippen LogP contribution is -2.44. The lowest BCUT2D eigenvalue weighted by Gasteiger charge is -2.23. The van der Waals surface area contributed by atoms with Crippen molar-refractivity contribution in [2.24, 2.45) is 0 Å². The number of urea groups is 1. The van der Waals surface area contributed by atoms with Crippen LogP contribution in [0.1, 0.15) is 18.4 Å². The molecule has 4 nitrogen and oxygen atoms in total. The van der Waals surface area contributed by atoms with E-state index in [2.05, 4.69) is 0 Å². The number of benzene rings is 1. The maximum absolute atomic E-state index is 12.2. The smallest absolute Gasteiger partial charge is 0.405 e. The van der Waals surface area contributed by atoms with Gasteiger partial charge in [-0.05, 0) is 30.5 Å². The van der Waals surface area contributed by atoms with Crippen molar-refractivity contribution in [1.29, 1.82) is 0 Å². The summed E-state index contributed by atoms with van der Waals surface area (Å²) in [6, 6.07) is 6.48. The maximum atomic E-state index is 12.2. The summed E-state index contributed by atoms with van der Waals surface area (Å²) in [6.45, 7) is -1.04. The Balaban J connectivity index is 2.00. The minimum absolute atomic E-state index is 0.0180. The molecule has 2 amide bonds. The van der Waals surface area contributed by atoms with Crippen LogP contribution in [0.15, 0.2) is 24.3 Å². The molecule has 1 fully saturated rings. The van der Waals surface area contributed by atoms with E-state index < -0.39 is 18.8 Å². The van der Waals surface area contributed by atoms with E-state index in [9.17, 15) is 18.0 Å². The Morgan fingerprint density at radius 2 is 2.14 bits per heavy atom. The molecule has 116 valence electrons. The van der Waals surface area contributed by atoms with Gasteiger partial charge in [0.05, 0.1) is 7.11 Å². The van der Waals surface area contributed by atoms with Gasteiger partial charge in [0, 0.05) is 12.6 Å². The molecule has 2 rings (SSSR count). The van der Waals surface area contributed by atoms with E-state index >= 15 is 0 Å². The minimum Gasteiger partial charge on any atom is -0.497 e. The molecular weight excluding hydrogens is 285 g/mol. The predicted molar refractivity (Wildman–Crippen MR) is 71.0 cm³/mol. The Bertz CT molecular complexity index is 501. The molecule has 0 saturated heterocycles. The van der Waals surface area contributed by atoms with Gasteiger partial charge in [-0.3, -0.25) is 0 Å². The largest absolute Gasteiger partial charge is 0.497 e. The molecule has 1 aliphatic carbocycles. The molecule has 7 heteroatoms. The number of hydrogen-bond donors (Lipinski definition) is 1. The summed E-state index contributed by atoms with van der Waals surface area (Å²) in [7, 11) is 1.54. The van der Waals surface area contributed by atoms with Gasteiger partial charge in [0.1, 0.15) is 12.3 Å². The molecule has 1 aliphatic rings. The standard InChI is InChI=1S/C14H17F3N2O2/c1-21-12-4-2-3-10(7-12)8-19(11-5-6-11)13(20)18-9-14(15,16)17/h2-4,7,11H,5-6,8-9H2,1H3,(H,18,20). The molecule has 0 atom stereocenters. The SMILES string of the molecule is COc1cccc(CN(C(=O)NCC(F)(F)F)C2CC2)c1. The van der Waals surface area contributed by atoms with Gasteiger partial charge in [-0.1, -0.05) is 12.1 Å². The highest BCUT2D eigenvalue weighted by atomic mass is 19.4. The number of alkyl halides is 3. The molecule has 0 aliphatic heterocycles. The van der Waals surface area contributed by atoms with Crippen molar-refractivity contribution in [2.75, 3.05) is 13.7 Å². The van der Waals surface area contributed by atoms with E-state index in [0.29, 0.717) is 5.75 Å². The predicted octanol–water partition coefficient (Wildman–Crippen LogP) is 2.93. The zero-order chi connectivity index (χ0) is 15.5. The number of ether oxygens (including phenoxy) is 1. The van der Waals surface area contributed by atoms with Crippen LogP contribution in [0.2, 0.25) is 0 Å². The van der Waals surface area contributed by atoms with Crippen LogP contribution >= 0.6 is 0 Å². The van der Waals surface area contributed by atoms with Crippen LogP contribution in [0.4, 0.5) is 18.0 Å². The van der Waals surface area contributed by atoms with Crippen molar-refractivity contribution in [3.05, 3.63) is 29.8 Å². The lowest BCUT2D eigenvalue weighted by atomic mass is 10.2. The van der Waals surface area contributed by atoms with Crippen LogP contribution in [-0.4, -0.2) is 36.8 Å². The van der Waals surface area contributed by atoms with Gasteiger partial charge < -0.3 is 15.0 Å². The molecule has 1 N–H and O–H groups in total. The first-order chi connectivity index (χ1) is 9.89. The first kappa shape index (κ1) is 15.5. The summed E-state index contributed by atoms with van der Waals surface area (Å²) in [6.07, 6.45) is -2.76. The molecule has 1 saturated carbocycles. The summed E-state index contributed by atoms with van der Waals surface area (Å²) in [5.41, 5.74) is 0.823. The summed E-state index contributed by atoms with van der Waals surface area (Å²) >= 11 is 0. The summed E-state index contributed by atoms with van der Waals surface area (Å²) in [4.78, 5) is 13.4. The molecule has 0 radical (unpaired) electrons. The second-order valence-corrected chi connectivity index (χ2v) is 4.98. The molecule has 1 aromatic rings. The van der Waals surface area contributed by atoms with E-state index in [4.69, 9.17) is 4.74 Å². The number of amides is 2. The van der Waals surface area contributed by atoms with Gasteiger partial charge in [-0.25, -0.2) is 4.79 Å². The van der Waals surface area contributed by atoms with Crippen molar-refractivity contribution in [3.63, 3.8) is 0 Å². The van der Waals surface area contributed by atoms with Gasteiger partial charge in [-0.15, -0.1) is 0 Å². The van der Waals surface area contributed by atoms with Gasteiger partial charge in [-0.2, -0.15) is 13.2 Å². The molecular formula is C14H17F3N2O2. The lowest BCUT2D eigenvalue weighted by molar-refractivity contribution is -0.123. The number of hydrogen-bond acceptors (Lipinski definition) is 2. The van der Waals surface area contributed by atoms with Crippen LogP contribution in [0.25, 0.3) is 0 Å². The van der Waals surface area contributed by atoms with Crippen LogP contribution in [0.5, 0.6) is 5.75 Å². The topological polar surface area (TPSA) is 41.6 Å². The Morgan fingerprint density at radius 3 is 2.71 bits per heavy atom. The second-order valence-electron chi connectivity index (χ2n) is 4.98. The quantitative estimate of drug-likeness (QED) is 0.908. The van der Waals surface area contributed by atoms with E-state index in [1.54, 1.807) is 18.2 Å². The first-order valence-corrected chi connectivity index (χ1v) is 6.63. The van der Waals surface area contributed by atoms with Gasteiger partial charge in [0.25, 0.3) is 0 Å². The third-order valence-electron chi connectivity index (χ3n) is 3.18. The van der Waals surface area contributed by atoms with Crippen LogP contribution in [0.3, 0.4) is 0 Å². The average molecular weight is 302 g/mol. The summed E-state index contributed by atoms with van der Waals surface area (Å²) < 4.78 is 41.6. The Labute approximate surface area is 120 Å². The molecule has 0 aromatic heterocycles. The summed E-state index contributed by atoms with van der Waals surface area (Å²) in [5, 5.41) is 1.92. The Kier molecular flexibility index (Phi) is 4.59. The van der Waals surface area contributed by atoms with Crippen LogP contribution < -0.4 is 10.1 Å². The normalized spacial score (nSPS) is 14.7. The average Bonchev–Trinajstić information content (AvgIpc) is 3.26. The third kappa shape index (κ3) is 4.84. The highest BCUT2D eigenvalue weighted by molar-refractivity contribution is 5.75. The fraction of sp³-hybridized carbons (Fsp3) is 0.500. The second kappa shape index (κ2) is 6.24. The third-order valence-corrected chi connectivity index (χ3v) is 3.18. The van der Waals surface area contributed by atoms with Crippen LogP contribution in [-0.2, 0) is 6.54 Å². The van der Waals surface area contributed by atoms with E-state index in [-0.39, 0.29) is 12.6 Å². The van der Waals surface area contributed by atoms with Crippen molar-refractivity contribution in [1.82, 2.24) is 10.2 Å². The minimum atomic E-state index is -4.40. The number of halogens is 3. The zero-order valence-electron chi connectivity index (χ0n) is 11.6. The molecule has 0 bridgehead atoms. The molecule has 0 unspecified atom stereocenters. The van der Waals surface area contributed by atoms with Crippen molar-refractivity contribution in [3.8, 4) is 5.75 Å². The maximum Gasteiger partial charge on any atom is 0.405 e. The molecule has 0 heterocycles. The highest BCUT2D eigenvalue weighted by Crippen LogP contribution is 2.29. The van der Waals surface area contributed by atoms with Crippen molar-refractivity contribution in [2.45, 2.75) is 31.6 Å². The summed E-state index contributed by atoms with van der Waals surface area (Å²) in [5.74, 6) is 0.652. The highest BCUT2D eigenvalue weighted by Gasteiger charge is 2.35. The number of nitrogens with one attached hydrogen (secondary N) is 1. The fourth-order valence-corrected chi connectivity index (χ4v) is 2.00. The van der Waals surface area contributed by atoms with Gasteiger partial charge >= 0.3 is 12.2 Å². The number of carbonyl (C=O) groups is 1. The number of carbonyl (C=O) groups excluding carboxylic acids is 1. The molecule has 1 aromatic carbocycles. The van der Waals surface area contributed by atoms with Crippen molar-refractivity contribution < 1.29 is 22.7 Å². The number of nitrogens with zero attached hydrogens (tertiary/aromatic N) is 1. The fourth-order valence-electron chi connectivity index (χ4n) is 2.00. The van der Waals surface area contributed by atoms with Gasteiger partial charge in [0.2, 0.25) is 0 Å².